The largest absolute Gasteiger partial charge is 0.387 e. The molecule has 6 atom stereocenters. The Morgan fingerprint density at radius 2 is 2.17 bits per heavy atom. The number of anilines is 1. The fourth-order valence-electron chi connectivity index (χ4n) is 3.91. The Morgan fingerprint density at radius 1 is 1.40 bits per heavy atom. The van der Waals surface area contributed by atoms with Gasteiger partial charge in [0, 0.05) is 25.9 Å². The van der Waals surface area contributed by atoms with Gasteiger partial charge in [0.2, 0.25) is 5.28 Å². The summed E-state index contributed by atoms with van der Waals surface area (Å²) in [5.74, 6) is -1.22. The molecule has 30 heavy (non-hydrogen) atoms. The number of nitrogens with one attached hydrogen (secondary N) is 2. The summed E-state index contributed by atoms with van der Waals surface area (Å²) in [6, 6.07) is 1.89. The van der Waals surface area contributed by atoms with Crippen LogP contribution in [0.2, 0.25) is 5.28 Å². The molecule has 0 saturated carbocycles. The SMILES string of the molecule is COC([C@@H]1O[C@@H](n2ccc3c(N[C@@H]4CCNC4)nc(Cl)nc32)[C@H](O)[C@@H]1O)P(=O)(O)O. The highest BCUT2D eigenvalue weighted by atomic mass is 35.5. The van der Waals surface area contributed by atoms with E-state index in [4.69, 9.17) is 21.1 Å². The Bertz CT molecular complexity index is 965. The van der Waals surface area contributed by atoms with Crippen LogP contribution >= 0.6 is 19.2 Å². The molecule has 14 heteroatoms. The van der Waals surface area contributed by atoms with E-state index in [2.05, 4.69) is 20.6 Å². The Balaban J connectivity index is 1.67. The smallest absolute Gasteiger partial charge is 0.356 e. The standard InChI is InChI=1S/C16H23ClN5O7P/c1-28-15(30(25,26)27)11-9(23)10(24)14(29-11)22-5-3-8-12(19-7-2-4-18-6-7)20-16(17)21-13(8)22/h3,5,7,9-11,14-15,18,23-24H,2,4,6H2,1H3,(H,19,20,21)(H2,25,26,27)/t7-,9+,10-,11-,14-,15?/m1/s1. The van der Waals surface area contributed by atoms with E-state index in [0.29, 0.717) is 16.9 Å². The summed E-state index contributed by atoms with van der Waals surface area (Å²) in [6.07, 6.45) is -3.20. The van der Waals surface area contributed by atoms with E-state index >= 15 is 0 Å². The second kappa shape index (κ2) is 8.30. The van der Waals surface area contributed by atoms with Crippen LogP contribution in [0.1, 0.15) is 12.6 Å². The van der Waals surface area contributed by atoms with Gasteiger partial charge in [-0.3, -0.25) is 4.57 Å². The van der Waals surface area contributed by atoms with Crippen molar-refractivity contribution in [2.45, 2.75) is 42.8 Å². The van der Waals surface area contributed by atoms with Gasteiger partial charge in [-0.25, -0.2) is 4.98 Å². The zero-order chi connectivity index (χ0) is 21.6. The number of aliphatic hydroxyl groups excluding tert-OH is 2. The zero-order valence-corrected chi connectivity index (χ0v) is 17.6. The number of aromatic nitrogens is 3. The van der Waals surface area contributed by atoms with Crippen molar-refractivity contribution in [3.63, 3.8) is 0 Å². The third kappa shape index (κ3) is 3.95. The molecule has 2 fully saturated rings. The topological polar surface area (TPSA) is 171 Å². The first-order valence-electron chi connectivity index (χ1n) is 9.31. The molecule has 2 aromatic heterocycles. The highest BCUT2D eigenvalue weighted by Crippen LogP contribution is 2.48. The lowest BCUT2D eigenvalue weighted by molar-refractivity contribution is -0.0759. The maximum absolute atomic E-state index is 11.7. The van der Waals surface area contributed by atoms with Crippen molar-refractivity contribution in [1.29, 1.82) is 0 Å². The molecule has 6 N–H and O–H groups in total. The van der Waals surface area contributed by atoms with E-state index in [-0.39, 0.29) is 11.3 Å². The molecular weight excluding hydrogens is 441 g/mol. The van der Waals surface area contributed by atoms with Crippen molar-refractivity contribution < 1.29 is 34.0 Å². The Kier molecular flexibility index (Phi) is 6.05. The molecule has 2 saturated heterocycles. The molecule has 0 amide bonds. The minimum Gasteiger partial charge on any atom is -0.387 e. The second-order valence-electron chi connectivity index (χ2n) is 7.32. The van der Waals surface area contributed by atoms with Gasteiger partial charge in [0.15, 0.2) is 12.1 Å². The van der Waals surface area contributed by atoms with E-state index in [1.54, 1.807) is 12.3 Å². The quantitative estimate of drug-likeness (QED) is 0.244. The highest BCUT2D eigenvalue weighted by molar-refractivity contribution is 7.52. The predicted molar refractivity (Wildman–Crippen MR) is 106 cm³/mol. The number of aliphatic hydroxyl groups is 2. The fourth-order valence-corrected chi connectivity index (χ4v) is 4.98. The van der Waals surface area contributed by atoms with Crippen molar-refractivity contribution in [2.75, 3.05) is 25.5 Å². The second-order valence-corrected chi connectivity index (χ2v) is 9.35. The fraction of sp³-hybridized carbons (Fsp3) is 0.625. The molecule has 1 unspecified atom stereocenters. The molecule has 0 radical (unpaired) electrons. The normalized spacial score (nSPS) is 30.8. The summed E-state index contributed by atoms with van der Waals surface area (Å²) >= 11 is 6.10. The van der Waals surface area contributed by atoms with Gasteiger partial charge in [0.1, 0.15) is 29.8 Å². The van der Waals surface area contributed by atoms with E-state index in [9.17, 15) is 24.6 Å². The molecule has 4 rings (SSSR count). The molecule has 0 aromatic carbocycles. The van der Waals surface area contributed by atoms with Crippen LogP contribution in [0.4, 0.5) is 5.82 Å². The van der Waals surface area contributed by atoms with Gasteiger partial charge in [0.05, 0.1) is 5.39 Å². The first-order chi connectivity index (χ1) is 14.2. The lowest BCUT2D eigenvalue weighted by atomic mass is 10.1. The molecular formula is C16H23ClN5O7P. The molecule has 2 aliphatic rings. The lowest BCUT2D eigenvalue weighted by Gasteiger charge is -2.24. The Hall–Kier alpha value is -1.34. The minimum absolute atomic E-state index is 0.0227. The monoisotopic (exact) mass is 463 g/mol. The Morgan fingerprint density at radius 3 is 2.80 bits per heavy atom. The van der Waals surface area contributed by atoms with Crippen molar-refractivity contribution in [2.24, 2.45) is 0 Å². The van der Waals surface area contributed by atoms with E-state index in [0.717, 1.165) is 26.6 Å². The van der Waals surface area contributed by atoms with Crippen molar-refractivity contribution >= 4 is 36.0 Å². The van der Waals surface area contributed by atoms with E-state index < -0.39 is 38.0 Å². The molecule has 12 nitrogen and oxygen atoms in total. The van der Waals surface area contributed by atoms with Gasteiger partial charge >= 0.3 is 7.60 Å². The van der Waals surface area contributed by atoms with Crippen molar-refractivity contribution in [3.8, 4) is 0 Å². The van der Waals surface area contributed by atoms with E-state index in [1.807, 2.05) is 0 Å². The summed E-state index contributed by atoms with van der Waals surface area (Å²) in [5, 5.41) is 28.1. The summed E-state index contributed by atoms with van der Waals surface area (Å²) in [7, 11) is -3.67. The highest BCUT2D eigenvalue weighted by Gasteiger charge is 2.52. The molecule has 0 bridgehead atoms. The first-order valence-corrected chi connectivity index (χ1v) is 11.4. The van der Waals surface area contributed by atoms with Crippen LogP contribution in [0.15, 0.2) is 12.3 Å². The van der Waals surface area contributed by atoms with Crippen LogP contribution in [0.5, 0.6) is 0 Å². The van der Waals surface area contributed by atoms with Crippen molar-refractivity contribution in [3.05, 3.63) is 17.5 Å². The zero-order valence-electron chi connectivity index (χ0n) is 15.9. The minimum atomic E-state index is -4.76. The molecule has 166 valence electrons. The van der Waals surface area contributed by atoms with Crippen LogP contribution in [0.3, 0.4) is 0 Å². The van der Waals surface area contributed by atoms with Crippen LogP contribution in [-0.2, 0) is 14.0 Å². The average Bonchev–Trinajstić information content (AvgIpc) is 3.38. The average molecular weight is 464 g/mol. The summed E-state index contributed by atoms with van der Waals surface area (Å²) in [4.78, 5) is 27.5. The molecule has 0 aliphatic carbocycles. The number of ether oxygens (including phenoxy) is 2. The number of hydrogen-bond acceptors (Lipinski definition) is 9. The van der Waals surface area contributed by atoms with E-state index in [1.165, 1.54) is 4.57 Å². The maximum atomic E-state index is 11.7. The van der Waals surface area contributed by atoms with Gasteiger partial charge in [-0.2, -0.15) is 4.98 Å². The Labute approximate surface area is 176 Å². The number of hydrogen-bond donors (Lipinski definition) is 6. The van der Waals surface area contributed by atoms with Crippen LogP contribution in [0, 0.1) is 0 Å². The van der Waals surface area contributed by atoms with Gasteiger partial charge in [-0.15, -0.1) is 0 Å². The summed E-state index contributed by atoms with van der Waals surface area (Å²) in [6.45, 7) is 1.67. The molecule has 2 aliphatic heterocycles. The van der Waals surface area contributed by atoms with Gasteiger partial charge < -0.3 is 44.7 Å². The number of methoxy groups -OCH3 is 1. The predicted octanol–water partition coefficient (Wildman–Crippen LogP) is -0.372. The van der Waals surface area contributed by atoms with Crippen molar-refractivity contribution in [1.82, 2.24) is 19.9 Å². The molecule has 4 heterocycles. The van der Waals surface area contributed by atoms with Gasteiger partial charge in [-0.05, 0) is 30.6 Å². The summed E-state index contributed by atoms with van der Waals surface area (Å²) < 4.78 is 23.6. The maximum Gasteiger partial charge on any atom is 0.356 e. The number of halogens is 1. The van der Waals surface area contributed by atoms with Crippen LogP contribution in [0.25, 0.3) is 11.0 Å². The third-order valence-electron chi connectivity index (χ3n) is 5.35. The van der Waals surface area contributed by atoms with Gasteiger partial charge in [0.25, 0.3) is 0 Å². The summed E-state index contributed by atoms with van der Waals surface area (Å²) in [5.41, 5.74) is 0.338. The molecule has 2 aromatic rings. The first kappa shape index (κ1) is 21.9. The number of fused-ring (bicyclic) bond motifs is 1. The van der Waals surface area contributed by atoms with Crippen LogP contribution < -0.4 is 10.6 Å². The van der Waals surface area contributed by atoms with Gasteiger partial charge in [-0.1, -0.05) is 0 Å². The number of nitrogens with zero attached hydrogens (tertiary/aromatic N) is 3. The molecule has 0 spiro atoms. The number of rotatable bonds is 6. The van der Waals surface area contributed by atoms with Crippen LogP contribution in [-0.4, -0.2) is 84.9 Å². The lowest BCUT2D eigenvalue weighted by Crippen LogP contribution is -2.39. The third-order valence-corrected chi connectivity index (χ3v) is 6.69.